The third-order valence-corrected chi connectivity index (χ3v) is 25.0. The second-order valence-electron chi connectivity index (χ2n) is 12.3. The summed E-state index contributed by atoms with van der Waals surface area (Å²) in [4.78, 5) is 31.9. The van der Waals surface area contributed by atoms with Gasteiger partial charge in [-0.15, -0.1) is 0 Å². The van der Waals surface area contributed by atoms with Crippen molar-refractivity contribution < 1.29 is 9.59 Å². The zero-order chi connectivity index (χ0) is 29.5. The summed E-state index contributed by atoms with van der Waals surface area (Å²) >= 11 is -2.57. The predicted molar refractivity (Wildman–Crippen MR) is 179 cm³/mol. The Balaban J connectivity index is 1.43. The van der Waals surface area contributed by atoms with E-state index in [-0.39, 0.29) is 17.7 Å². The average Bonchev–Trinajstić information content (AvgIpc) is 3.64. The number of rotatable bonds is 13. The van der Waals surface area contributed by atoms with Crippen LogP contribution in [-0.4, -0.2) is 52.5 Å². The molecule has 0 radical (unpaired) electrons. The number of fused-ring (bicyclic) bond motifs is 3. The van der Waals surface area contributed by atoms with Crippen LogP contribution in [0.15, 0.2) is 66.5 Å². The monoisotopic (exact) mass is 673 g/mol. The second kappa shape index (κ2) is 14.1. The number of H-pyrrole nitrogens is 1. The Kier molecular flexibility index (Phi) is 10.3. The molecule has 1 atom stereocenters. The van der Waals surface area contributed by atoms with Gasteiger partial charge in [0, 0.05) is 0 Å². The molecular weight excluding hydrogens is 625 g/mol. The molecule has 3 aromatic rings. The first-order valence-corrected chi connectivity index (χ1v) is 23.7. The summed E-state index contributed by atoms with van der Waals surface area (Å²) in [5, 5.41) is 4.66. The van der Waals surface area contributed by atoms with Gasteiger partial charge < -0.3 is 0 Å². The van der Waals surface area contributed by atoms with E-state index in [1.807, 2.05) is 41.4 Å². The van der Waals surface area contributed by atoms with Gasteiger partial charge in [-0.2, -0.15) is 0 Å². The van der Waals surface area contributed by atoms with E-state index in [2.05, 4.69) is 49.3 Å². The minimum atomic E-state index is -2.57. The van der Waals surface area contributed by atoms with Gasteiger partial charge in [-0.25, -0.2) is 0 Å². The van der Waals surface area contributed by atoms with Crippen LogP contribution in [-0.2, 0) is 4.79 Å². The summed E-state index contributed by atoms with van der Waals surface area (Å²) in [5.41, 5.74) is 4.45. The molecule has 222 valence electrons. The van der Waals surface area contributed by atoms with Crippen molar-refractivity contribution in [3.05, 3.63) is 77.6 Å². The fraction of sp³-hybridized carbons (Fsp3) is 0.444. The quantitative estimate of drug-likeness (QED) is 0.142. The maximum absolute atomic E-state index is 13.3. The van der Waals surface area contributed by atoms with Gasteiger partial charge in [0.25, 0.3) is 0 Å². The Morgan fingerprint density at radius 3 is 2.43 bits per heavy atom. The summed E-state index contributed by atoms with van der Waals surface area (Å²) < 4.78 is 5.97. The minimum absolute atomic E-state index is 0.0415. The molecule has 5 nitrogen and oxygen atoms in total. The SMILES string of the molecule is CCC[CH2][Sn]([CH2]CCC)([CH2]CCC)[c]1ccc2[nH]cc(/C=C/C(=O)/C=C3\Nc4ccccc4C(=O)N4CCC[C@@H]34)c2c1. The number of anilines is 1. The summed E-state index contributed by atoms with van der Waals surface area (Å²) in [6, 6.07) is 14.7. The number of carbonyl (C=O) groups excluding carboxylic acids is 2. The number of hydrogen-bond donors (Lipinski definition) is 2. The van der Waals surface area contributed by atoms with Crippen LogP contribution in [0, 0.1) is 0 Å². The van der Waals surface area contributed by atoms with Crippen LogP contribution < -0.4 is 8.90 Å². The summed E-state index contributed by atoms with van der Waals surface area (Å²) in [7, 11) is 0. The summed E-state index contributed by atoms with van der Waals surface area (Å²) in [5.74, 6) is -0.0242. The molecule has 2 aromatic carbocycles. The molecule has 2 aliphatic rings. The fourth-order valence-electron chi connectivity index (χ4n) is 6.97. The first-order valence-electron chi connectivity index (χ1n) is 16.2. The van der Waals surface area contributed by atoms with Crippen molar-refractivity contribution in [2.45, 2.75) is 91.5 Å². The second-order valence-corrected chi connectivity index (χ2v) is 25.5. The van der Waals surface area contributed by atoms with Crippen LogP contribution in [0.1, 0.15) is 88.1 Å². The maximum atomic E-state index is 13.3. The molecule has 3 heterocycles. The predicted octanol–water partition coefficient (Wildman–Crippen LogP) is 8.42. The molecule has 2 N–H and O–H groups in total. The number of para-hydroxylation sites is 1. The number of unbranched alkanes of at least 4 members (excludes halogenated alkanes) is 3. The van der Waals surface area contributed by atoms with E-state index in [1.165, 1.54) is 57.2 Å². The van der Waals surface area contributed by atoms with Gasteiger partial charge in [0.1, 0.15) is 0 Å². The molecule has 0 bridgehead atoms. The van der Waals surface area contributed by atoms with Crippen molar-refractivity contribution in [1.29, 1.82) is 0 Å². The van der Waals surface area contributed by atoms with Crippen molar-refractivity contribution in [3.63, 3.8) is 0 Å². The molecule has 2 aliphatic heterocycles. The topological polar surface area (TPSA) is 65.2 Å². The van der Waals surface area contributed by atoms with E-state index in [0.29, 0.717) is 5.56 Å². The number of nitrogens with zero attached hydrogens (tertiary/aromatic N) is 1. The zero-order valence-corrected chi connectivity index (χ0v) is 28.5. The van der Waals surface area contributed by atoms with E-state index in [1.54, 1.807) is 15.7 Å². The standard InChI is InChI=1S/C24H20N3O2.3C4H9.Sn/c28-17(12-11-16-15-25-20-8-3-1-6-18(16)20)14-22-23-10-5-13-27(23)24(29)19-7-2-4-9-21(19)26-22;3*1-3-4-2;/h2-4,6-9,11-12,14-15,23,25-26H,5,10,13H2;3*1,3-4H2,2H3;/b12-11+,22-14-;;;;/t23-;;;;/m0..../s1. The number of aromatic nitrogens is 1. The number of allylic oxidation sites excluding steroid dienone is 2. The van der Waals surface area contributed by atoms with Crippen LogP contribution in [0.3, 0.4) is 0 Å². The third kappa shape index (κ3) is 6.56. The Hall–Kier alpha value is -2.80. The van der Waals surface area contributed by atoms with E-state index in [0.717, 1.165) is 41.9 Å². The van der Waals surface area contributed by atoms with E-state index < -0.39 is 18.4 Å². The Labute approximate surface area is 255 Å². The Morgan fingerprint density at radius 1 is 1.00 bits per heavy atom. The summed E-state index contributed by atoms with van der Waals surface area (Å²) in [6.07, 6.45) is 17.0. The number of ketones is 1. The average molecular weight is 673 g/mol. The molecule has 5 rings (SSSR count). The van der Waals surface area contributed by atoms with E-state index in [4.69, 9.17) is 0 Å². The third-order valence-electron chi connectivity index (χ3n) is 9.39. The number of carbonyl (C=O) groups is 2. The van der Waals surface area contributed by atoms with E-state index in [9.17, 15) is 9.59 Å². The van der Waals surface area contributed by atoms with Gasteiger partial charge in [-0.3, -0.25) is 4.79 Å². The van der Waals surface area contributed by atoms with Crippen LogP contribution in [0.5, 0.6) is 0 Å². The van der Waals surface area contributed by atoms with Crippen molar-refractivity contribution >= 4 is 56.3 Å². The molecule has 1 amide bonds. The van der Waals surface area contributed by atoms with Gasteiger partial charge in [0.2, 0.25) is 0 Å². The van der Waals surface area contributed by atoms with Crippen LogP contribution in [0.4, 0.5) is 5.69 Å². The van der Waals surface area contributed by atoms with Crippen LogP contribution in [0.25, 0.3) is 17.0 Å². The molecule has 42 heavy (non-hydrogen) atoms. The van der Waals surface area contributed by atoms with Crippen molar-refractivity contribution in [1.82, 2.24) is 9.88 Å². The first kappa shape index (κ1) is 30.6. The van der Waals surface area contributed by atoms with Gasteiger partial charge in [-0.05, 0) is 6.07 Å². The number of nitrogens with one attached hydrogen (secondary N) is 2. The molecule has 6 heteroatoms. The Bertz CT molecular complexity index is 1450. The molecule has 0 saturated carbocycles. The number of aromatic amines is 1. The van der Waals surface area contributed by atoms with E-state index >= 15 is 0 Å². The van der Waals surface area contributed by atoms with Crippen LogP contribution >= 0.6 is 0 Å². The number of benzene rings is 2. The van der Waals surface area contributed by atoms with Crippen molar-refractivity contribution in [2.24, 2.45) is 0 Å². The van der Waals surface area contributed by atoms with Gasteiger partial charge in [-0.1, -0.05) is 12.1 Å². The number of amides is 1. The Morgan fingerprint density at radius 2 is 1.71 bits per heavy atom. The molecule has 0 spiro atoms. The molecule has 1 fully saturated rings. The zero-order valence-electron chi connectivity index (χ0n) is 25.7. The van der Waals surface area contributed by atoms with Crippen LogP contribution in [0.2, 0.25) is 13.3 Å². The molecule has 1 aromatic heterocycles. The molecule has 1 saturated heterocycles. The molecule has 0 unspecified atom stereocenters. The van der Waals surface area contributed by atoms with Gasteiger partial charge in [0.05, 0.1) is 0 Å². The van der Waals surface area contributed by atoms with Crippen molar-refractivity contribution in [3.8, 4) is 0 Å². The van der Waals surface area contributed by atoms with Gasteiger partial charge >= 0.3 is 234 Å². The van der Waals surface area contributed by atoms with Gasteiger partial charge in [0.15, 0.2) is 0 Å². The number of hydrogen-bond acceptors (Lipinski definition) is 3. The van der Waals surface area contributed by atoms with Crippen molar-refractivity contribution in [2.75, 3.05) is 11.9 Å². The molecular formula is C36H47N3O2Sn. The summed E-state index contributed by atoms with van der Waals surface area (Å²) in [6.45, 7) is 7.70. The first-order chi connectivity index (χ1) is 20.5. The fourth-order valence-corrected chi connectivity index (χ4v) is 22.9. The molecule has 0 aliphatic carbocycles. The normalized spacial score (nSPS) is 18.0.